The molecule has 2 unspecified atom stereocenters. The monoisotopic (exact) mass is 357 g/mol. The fourth-order valence-electron chi connectivity index (χ4n) is 3.54. The molecule has 0 bridgehead atoms. The van der Waals surface area contributed by atoms with Crippen LogP contribution in [0.15, 0.2) is 54.9 Å². The number of likely N-dealkylation sites (tertiary alicyclic amines) is 1. The predicted molar refractivity (Wildman–Crippen MR) is 92.0 cm³/mol. The minimum atomic E-state index is -1.46. The highest BCUT2D eigenvalue weighted by Gasteiger charge is 2.64. The van der Waals surface area contributed by atoms with Crippen LogP contribution in [-0.4, -0.2) is 44.5 Å². The van der Waals surface area contributed by atoms with E-state index in [-0.39, 0.29) is 19.6 Å². The largest absolute Gasteiger partial charge is 0.527 e. The number of carbonyl (C=O) groups excluding carboxylic acids is 1. The van der Waals surface area contributed by atoms with Crippen molar-refractivity contribution in [3.05, 3.63) is 66.0 Å². The molecule has 7 nitrogen and oxygen atoms in total. The Morgan fingerprint density at radius 1 is 1.27 bits per heavy atom. The van der Waals surface area contributed by atoms with E-state index >= 15 is 0 Å². The molecule has 2 N–H and O–H groups in total. The maximum absolute atomic E-state index is 12.8. The number of nitrogens with zero attached hydrogens (tertiary/aromatic N) is 2. The van der Waals surface area contributed by atoms with Gasteiger partial charge in [0.2, 0.25) is 0 Å². The second-order valence-electron chi connectivity index (χ2n) is 6.68. The molecule has 1 saturated heterocycles. The van der Waals surface area contributed by atoms with E-state index in [4.69, 9.17) is 4.74 Å². The number of carboxylic acid groups (broad SMARTS) is 1. The van der Waals surface area contributed by atoms with Crippen LogP contribution in [0.4, 0.5) is 9.59 Å². The lowest BCUT2D eigenvalue weighted by Gasteiger charge is -2.29. The van der Waals surface area contributed by atoms with Crippen LogP contribution in [-0.2, 0) is 16.9 Å². The summed E-state index contributed by atoms with van der Waals surface area (Å²) in [5.41, 5.74) is -0.208. The first kappa shape index (κ1) is 18.0. The van der Waals surface area contributed by atoms with Crippen LogP contribution in [0.2, 0.25) is 0 Å². The molecule has 0 aliphatic carbocycles. The molecule has 2 amide bonds. The zero-order valence-corrected chi connectivity index (χ0v) is 14.4. The summed E-state index contributed by atoms with van der Waals surface area (Å²) in [5, 5.41) is 20.9. The Morgan fingerprint density at radius 2 is 2.00 bits per heavy atom. The number of aromatic nitrogens is 1. The molecular formula is C19H21N2O5+. The molecule has 1 aliphatic heterocycles. The fourth-order valence-corrected chi connectivity index (χ4v) is 3.54. The van der Waals surface area contributed by atoms with Crippen LogP contribution in [0.3, 0.4) is 0 Å². The molecule has 1 aliphatic rings. The summed E-state index contributed by atoms with van der Waals surface area (Å²) >= 11 is 0. The molecule has 7 heteroatoms. The molecule has 0 spiro atoms. The Kier molecular flexibility index (Phi) is 4.76. The van der Waals surface area contributed by atoms with Gasteiger partial charge in [-0.2, -0.15) is 9.59 Å². The number of pyridine rings is 1. The van der Waals surface area contributed by atoms with Crippen molar-refractivity contribution in [1.82, 2.24) is 4.98 Å². The highest BCUT2D eigenvalue weighted by molar-refractivity contribution is 5.76. The van der Waals surface area contributed by atoms with Crippen LogP contribution in [0, 0.1) is 0 Å². The number of rotatable bonds is 3. The van der Waals surface area contributed by atoms with Gasteiger partial charge in [-0.05, 0) is 18.6 Å². The first-order valence-corrected chi connectivity index (χ1v) is 8.34. The maximum atomic E-state index is 12.8. The molecule has 2 heterocycles. The van der Waals surface area contributed by atoms with Gasteiger partial charge in [0, 0.05) is 24.4 Å². The van der Waals surface area contributed by atoms with E-state index in [9.17, 15) is 19.8 Å². The minimum Gasteiger partial charge on any atom is -0.435 e. The Bertz CT molecular complexity index is 798. The number of hydrogen-bond acceptors (Lipinski definition) is 5. The molecule has 0 saturated carbocycles. The van der Waals surface area contributed by atoms with E-state index in [1.807, 2.05) is 18.2 Å². The second-order valence-corrected chi connectivity index (χ2v) is 6.68. The van der Waals surface area contributed by atoms with Crippen LogP contribution >= 0.6 is 0 Å². The van der Waals surface area contributed by atoms with E-state index in [2.05, 4.69) is 4.98 Å². The van der Waals surface area contributed by atoms with Crippen molar-refractivity contribution in [3.8, 4) is 0 Å². The number of aliphatic hydroxyl groups is 1. The summed E-state index contributed by atoms with van der Waals surface area (Å²) in [4.78, 5) is 28.8. The minimum absolute atomic E-state index is 0.0228. The zero-order chi connectivity index (χ0) is 18.8. The lowest BCUT2D eigenvalue weighted by atomic mass is 9.93. The topological polar surface area (TPSA) is 96.7 Å². The quantitative estimate of drug-likeness (QED) is 0.820. The summed E-state index contributed by atoms with van der Waals surface area (Å²) in [5.74, 6) is 0. The fraction of sp³-hybridized carbons (Fsp3) is 0.316. The number of carbonyl (C=O) groups is 2. The number of amides is 2. The van der Waals surface area contributed by atoms with Crippen molar-refractivity contribution < 1.29 is 29.0 Å². The lowest BCUT2D eigenvalue weighted by molar-refractivity contribution is -0.799. The van der Waals surface area contributed by atoms with Gasteiger partial charge in [0.25, 0.3) is 0 Å². The van der Waals surface area contributed by atoms with Gasteiger partial charge in [0.1, 0.15) is 24.8 Å². The van der Waals surface area contributed by atoms with Crippen molar-refractivity contribution in [2.45, 2.75) is 31.6 Å². The molecule has 1 aromatic carbocycles. The zero-order valence-electron chi connectivity index (χ0n) is 14.4. The van der Waals surface area contributed by atoms with Crippen LogP contribution in [0.25, 0.3) is 0 Å². The van der Waals surface area contributed by atoms with Gasteiger partial charge in [0.15, 0.2) is 0 Å². The van der Waals surface area contributed by atoms with Crippen LogP contribution in [0.1, 0.15) is 24.5 Å². The molecule has 3 rings (SSSR count). The molecule has 136 valence electrons. The summed E-state index contributed by atoms with van der Waals surface area (Å²) < 4.78 is 4.33. The molecule has 3 atom stereocenters. The lowest BCUT2D eigenvalue weighted by Crippen LogP contribution is -2.59. The summed E-state index contributed by atoms with van der Waals surface area (Å²) in [7, 11) is 0. The Labute approximate surface area is 151 Å². The second kappa shape index (κ2) is 6.86. The smallest absolute Gasteiger partial charge is 0.435 e. The molecular weight excluding hydrogens is 336 g/mol. The van der Waals surface area contributed by atoms with Gasteiger partial charge >= 0.3 is 12.2 Å². The van der Waals surface area contributed by atoms with E-state index in [0.29, 0.717) is 5.56 Å². The third-order valence-electron chi connectivity index (χ3n) is 4.97. The van der Waals surface area contributed by atoms with Crippen molar-refractivity contribution in [2.75, 3.05) is 6.54 Å². The third kappa shape index (κ3) is 3.07. The molecule has 1 fully saturated rings. The number of imide groups is 1. The number of benzene rings is 1. The van der Waals surface area contributed by atoms with Gasteiger partial charge in [-0.1, -0.05) is 36.4 Å². The highest BCUT2D eigenvalue weighted by atomic mass is 16.6. The van der Waals surface area contributed by atoms with Gasteiger partial charge in [-0.15, -0.1) is 4.48 Å². The van der Waals surface area contributed by atoms with E-state index in [1.54, 1.807) is 37.4 Å². The van der Waals surface area contributed by atoms with Crippen LogP contribution in [0.5, 0.6) is 0 Å². The van der Waals surface area contributed by atoms with Crippen molar-refractivity contribution in [1.29, 1.82) is 0 Å². The van der Waals surface area contributed by atoms with E-state index in [1.165, 1.54) is 6.20 Å². The predicted octanol–water partition coefficient (Wildman–Crippen LogP) is 2.89. The number of ether oxygens (including phenoxy) is 1. The summed E-state index contributed by atoms with van der Waals surface area (Å²) in [6, 6.07) is 11.7. The molecule has 1 aromatic heterocycles. The molecule has 26 heavy (non-hydrogen) atoms. The Morgan fingerprint density at radius 3 is 2.62 bits per heavy atom. The molecule has 2 aromatic rings. The normalized spacial score (nSPS) is 27.8. The van der Waals surface area contributed by atoms with E-state index in [0.717, 1.165) is 5.56 Å². The van der Waals surface area contributed by atoms with Crippen molar-refractivity contribution in [3.63, 3.8) is 0 Å². The average molecular weight is 357 g/mol. The first-order chi connectivity index (χ1) is 12.4. The maximum Gasteiger partial charge on any atom is 0.527 e. The number of quaternary nitrogens is 1. The Balaban J connectivity index is 1.85. The van der Waals surface area contributed by atoms with Crippen molar-refractivity contribution in [2.24, 2.45) is 0 Å². The van der Waals surface area contributed by atoms with Gasteiger partial charge in [0.05, 0.1) is 0 Å². The SMILES string of the molecule is C[C@@H]1CC(O)(c2cccnc2)C[N+]1(C(=O)O)C(=O)OCc1ccccc1. The third-order valence-corrected chi connectivity index (χ3v) is 4.97. The summed E-state index contributed by atoms with van der Waals surface area (Å²) in [6.45, 7) is 1.31. The molecule has 0 radical (unpaired) electrons. The van der Waals surface area contributed by atoms with Gasteiger partial charge < -0.3 is 14.9 Å². The standard InChI is InChI=1S/C19H20N2O5/c1-14-10-19(25,16-8-5-9-20-11-16)13-21(14,17(22)23)18(24)26-12-15-6-3-2-4-7-15/h2-9,11,14,25H,10,12-13H2,1H3/p+1/t14-,19?,21?/m1/s1. The highest BCUT2D eigenvalue weighted by Crippen LogP contribution is 2.41. The van der Waals surface area contributed by atoms with Gasteiger partial charge in [-0.25, -0.2) is 0 Å². The number of hydrogen-bond donors (Lipinski definition) is 2. The Hall–Kier alpha value is -2.77. The van der Waals surface area contributed by atoms with Crippen molar-refractivity contribution >= 4 is 12.2 Å². The first-order valence-electron chi connectivity index (χ1n) is 8.34. The average Bonchev–Trinajstić information content (AvgIpc) is 2.94. The van der Waals surface area contributed by atoms with Gasteiger partial charge in [-0.3, -0.25) is 4.98 Å². The van der Waals surface area contributed by atoms with E-state index < -0.39 is 28.3 Å². The summed E-state index contributed by atoms with van der Waals surface area (Å²) in [6.07, 6.45) is 0.956. The van der Waals surface area contributed by atoms with Crippen LogP contribution < -0.4 is 0 Å².